The standard InChI is InChI=1S/C24H32N4/c1-3-4-5-6-10-16-25-18-23-24(22-14-8-7-9-15-22)27-28(26-23)19-21-13-11-12-20(2)17-21/h7-9,11-15,17,25H,3-6,10,16,18-19H2,1-2H3. The van der Waals surface area contributed by atoms with E-state index in [1.807, 2.05) is 10.9 Å². The summed E-state index contributed by atoms with van der Waals surface area (Å²) in [5, 5.41) is 13.2. The lowest BCUT2D eigenvalue weighted by Gasteiger charge is -2.04. The molecule has 2 aromatic carbocycles. The van der Waals surface area contributed by atoms with Gasteiger partial charge in [-0.1, -0.05) is 92.8 Å². The van der Waals surface area contributed by atoms with Gasteiger partial charge in [-0.15, -0.1) is 0 Å². The minimum atomic E-state index is 0.693. The molecule has 0 aliphatic heterocycles. The topological polar surface area (TPSA) is 42.7 Å². The third-order valence-corrected chi connectivity index (χ3v) is 4.93. The number of rotatable bonds is 11. The first-order chi connectivity index (χ1) is 13.8. The van der Waals surface area contributed by atoms with Crippen LogP contribution in [0.2, 0.25) is 0 Å². The Kier molecular flexibility index (Phi) is 7.80. The Balaban J connectivity index is 1.67. The molecule has 0 atom stereocenters. The molecule has 0 radical (unpaired) electrons. The maximum absolute atomic E-state index is 4.81. The second-order valence-corrected chi connectivity index (χ2v) is 7.47. The fourth-order valence-electron chi connectivity index (χ4n) is 3.43. The average Bonchev–Trinajstić information content (AvgIpc) is 3.10. The smallest absolute Gasteiger partial charge is 0.117 e. The third kappa shape index (κ3) is 6.03. The molecule has 0 saturated carbocycles. The second-order valence-electron chi connectivity index (χ2n) is 7.47. The van der Waals surface area contributed by atoms with Crippen molar-refractivity contribution < 1.29 is 0 Å². The van der Waals surface area contributed by atoms with E-state index in [1.165, 1.54) is 43.2 Å². The van der Waals surface area contributed by atoms with Gasteiger partial charge in [0.05, 0.1) is 6.54 Å². The molecule has 3 rings (SSSR count). The van der Waals surface area contributed by atoms with Gasteiger partial charge >= 0.3 is 0 Å². The molecule has 0 amide bonds. The predicted octanol–water partition coefficient (Wildman–Crippen LogP) is 5.36. The molecule has 0 aliphatic rings. The molecule has 4 heteroatoms. The van der Waals surface area contributed by atoms with E-state index in [0.717, 1.165) is 30.0 Å². The van der Waals surface area contributed by atoms with Crippen molar-refractivity contribution in [2.75, 3.05) is 6.54 Å². The van der Waals surface area contributed by atoms with E-state index in [9.17, 15) is 0 Å². The molecule has 1 N–H and O–H groups in total. The lowest BCUT2D eigenvalue weighted by atomic mass is 10.1. The van der Waals surface area contributed by atoms with Crippen LogP contribution in [0.4, 0.5) is 0 Å². The van der Waals surface area contributed by atoms with Gasteiger partial charge in [-0.2, -0.15) is 15.0 Å². The summed E-state index contributed by atoms with van der Waals surface area (Å²) in [6, 6.07) is 18.9. The minimum Gasteiger partial charge on any atom is -0.311 e. The molecule has 0 saturated heterocycles. The van der Waals surface area contributed by atoms with Crippen molar-refractivity contribution in [2.45, 2.75) is 59.0 Å². The Labute approximate surface area is 169 Å². The molecule has 1 heterocycles. The Morgan fingerprint density at radius 3 is 2.50 bits per heavy atom. The summed E-state index contributed by atoms with van der Waals surface area (Å²) in [5.74, 6) is 0. The van der Waals surface area contributed by atoms with E-state index >= 15 is 0 Å². The minimum absolute atomic E-state index is 0.693. The Hall–Kier alpha value is -2.46. The van der Waals surface area contributed by atoms with Gasteiger partial charge < -0.3 is 5.32 Å². The highest BCUT2D eigenvalue weighted by Gasteiger charge is 2.13. The van der Waals surface area contributed by atoms with Crippen molar-refractivity contribution in [3.63, 3.8) is 0 Å². The summed E-state index contributed by atoms with van der Waals surface area (Å²) >= 11 is 0. The largest absolute Gasteiger partial charge is 0.311 e. The van der Waals surface area contributed by atoms with Crippen LogP contribution in [0.25, 0.3) is 11.3 Å². The molecule has 0 unspecified atom stereocenters. The van der Waals surface area contributed by atoms with Crippen molar-refractivity contribution >= 4 is 0 Å². The molecule has 0 bridgehead atoms. The lowest BCUT2D eigenvalue weighted by molar-refractivity contribution is 0.561. The molecule has 1 aromatic heterocycles. The van der Waals surface area contributed by atoms with Crippen LogP contribution in [0.5, 0.6) is 0 Å². The van der Waals surface area contributed by atoms with Gasteiger partial charge in [0.25, 0.3) is 0 Å². The first-order valence-electron chi connectivity index (χ1n) is 10.5. The SMILES string of the molecule is CCCCCCCNCc1nn(Cc2cccc(C)c2)nc1-c1ccccc1. The molecule has 4 nitrogen and oxygen atoms in total. The monoisotopic (exact) mass is 376 g/mol. The third-order valence-electron chi connectivity index (χ3n) is 4.93. The maximum atomic E-state index is 4.81. The van der Waals surface area contributed by atoms with Crippen molar-refractivity contribution in [3.05, 3.63) is 71.4 Å². The van der Waals surface area contributed by atoms with Crippen LogP contribution in [0.1, 0.15) is 55.8 Å². The molecule has 0 spiro atoms. The van der Waals surface area contributed by atoms with Gasteiger partial charge in [0.1, 0.15) is 11.4 Å². The highest BCUT2D eigenvalue weighted by molar-refractivity contribution is 5.60. The van der Waals surface area contributed by atoms with E-state index in [4.69, 9.17) is 10.2 Å². The molecule has 3 aromatic rings. The zero-order chi connectivity index (χ0) is 19.6. The average molecular weight is 377 g/mol. The van der Waals surface area contributed by atoms with Gasteiger partial charge in [0, 0.05) is 12.1 Å². The molecule has 0 fully saturated rings. The summed E-state index contributed by atoms with van der Waals surface area (Å²) < 4.78 is 0. The Bertz CT molecular complexity index is 839. The second kappa shape index (κ2) is 10.8. The van der Waals surface area contributed by atoms with E-state index < -0.39 is 0 Å². The number of unbranched alkanes of at least 4 members (excludes halogenated alkanes) is 4. The van der Waals surface area contributed by atoms with Crippen LogP contribution in [0.3, 0.4) is 0 Å². The van der Waals surface area contributed by atoms with E-state index in [-0.39, 0.29) is 0 Å². The summed E-state index contributed by atoms with van der Waals surface area (Å²) in [6.07, 6.45) is 6.48. The van der Waals surface area contributed by atoms with Crippen LogP contribution in [-0.4, -0.2) is 21.5 Å². The number of aryl methyl sites for hydroxylation is 1. The number of aromatic nitrogens is 3. The van der Waals surface area contributed by atoms with Crippen LogP contribution in [-0.2, 0) is 13.1 Å². The zero-order valence-electron chi connectivity index (χ0n) is 17.2. The molecular weight excluding hydrogens is 344 g/mol. The first-order valence-corrected chi connectivity index (χ1v) is 10.5. The summed E-state index contributed by atoms with van der Waals surface area (Å²) in [7, 11) is 0. The van der Waals surface area contributed by atoms with E-state index in [0.29, 0.717) is 6.54 Å². The number of hydrogen-bond acceptors (Lipinski definition) is 3. The van der Waals surface area contributed by atoms with Gasteiger partial charge in [0.2, 0.25) is 0 Å². The van der Waals surface area contributed by atoms with Crippen molar-refractivity contribution in [2.24, 2.45) is 0 Å². The van der Waals surface area contributed by atoms with Crippen LogP contribution in [0, 0.1) is 6.92 Å². The van der Waals surface area contributed by atoms with Gasteiger partial charge in [-0.3, -0.25) is 0 Å². The number of nitrogens with zero attached hydrogens (tertiary/aromatic N) is 3. The highest BCUT2D eigenvalue weighted by Crippen LogP contribution is 2.20. The van der Waals surface area contributed by atoms with Gasteiger partial charge in [-0.05, 0) is 25.5 Å². The Morgan fingerprint density at radius 1 is 0.893 bits per heavy atom. The zero-order valence-corrected chi connectivity index (χ0v) is 17.2. The quantitative estimate of drug-likeness (QED) is 0.458. The number of nitrogens with one attached hydrogen (secondary N) is 1. The molecular formula is C24H32N4. The van der Waals surface area contributed by atoms with Gasteiger partial charge in [0.15, 0.2) is 0 Å². The predicted molar refractivity (Wildman–Crippen MR) is 116 cm³/mol. The Morgan fingerprint density at radius 2 is 1.71 bits per heavy atom. The molecule has 28 heavy (non-hydrogen) atoms. The van der Waals surface area contributed by atoms with Crippen molar-refractivity contribution in [3.8, 4) is 11.3 Å². The number of hydrogen-bond donors (Lipinski definition) is 1. The summed E-state index contributed by atoms with van der Waals surface area (Å²) in [4.78, 5) is 1.83. The fourth-order valence-corrected chi connectivity index (χ4v) is 3.43. The fraction of sp³-hybridized carbons (Fsp3) is 0.417. The first kappa shape index (κ1) is 20.3. The van der Waals surface area contributed by atoms with Crippen molar-refractivity contribution in [1.29, 1.82) is 0 Å². The van der Waals surface area contributed by atoms with Crippen LogP contribution in [0.15, 0.2) is 54.6 Å². The summed E-state index contributed by atoms with van der Waals surface area (Å²) in [6.45, 7) is 6.85. The van der Waals surface area contributed by atoms with Crippen LogP contribution >= 0.6 is 0 Å². The number of benzene rings is 2. The van der Waals surface area contributed by atoms with E-state index in [1.54, 1.807) is 0 Å². The van der Waals surface area contributed by atoms with Crippen molar-refractivity contribution in [1.82, 2.24) is 20.3 Å². The van der Waals surface area contributed by atoms with Crippen LogP contribution < -0.4 is 5.32 Å². The van der Waals surface area contributed by atoms with Gasteiger partial charge in [-0.25, -0.2) is 0 Å². The molecule has 148 valence electrons. The summed E-state index contributed by atoms with van der Waals surface area (Å²) in [5.41, 5.74) is 5.61. The normalized spacial score (nSPS) is 11.1. The maximum Gasteiger partial charge on any atom is 0.117 e. The molecule has 0 aliphatic carbocycles. The highest BCUT2D eigenvalue weighted by atomic mass is 15.5. The van der Waals surface area contributed by atoms with E-state index in [2.05, 4.69) is 67.7 Å². The lowest BCUT2D eigenvalue weighted by Crippen LogP contribution is -2.16.